The van der Waals surface area contributed by atoms with E-state index in [-0.39, 0.29) is 12.3 Å². The van der Waals surface area contributed by atoms with E-state index in [2.05, 4.69) is 10.6 Å². The van der Waals surface area contributed by atoms with Crippen molar-refractivity contribution in [2.75, 3.05) is 19.5 Å². The van der Waals surface area contributed by atoms with E-state index in [1.807, 2.05) is 6.07 Å². The topological polar surface area (TPSA) is 93.7 Å². The summed E-state index contributed by atoms with van der Waals surface area (Å²) in [5.41, 5.74) is 0.922. The molecule has 30 heavy (non-hydrogen) atoms. The summed E-state index contributed by atoms with van der Waals surface area (Å²) in [6.45, 7) is 0.133. The minimum absolute atomic E-state index is 0.0824. The van der Waals surface area contributed by atoms with Crippen molar-refractivity contribution in [3.8, 4) is 11.5 Å². The number of methoxy groups -OCH3 is 2. The summed E-state index contributed by atoms with van der Waals surface area (Å²) < 4.78 is 10.3. The number of carbonyl (C=O) groups excluding carboxylic acids is 3. The van der Waals surface area contributed by atoms with E-state index in [9.17, 15) is 14.4 Å². The third kappa shape index (κ3) is 5.03. The highest BCUT2D eigenvalue weighted by atomic mass is 32.1. The van der Waals surface area contributed by atoms with Crippen LogP contribution in [0.2, 0.25) is 0 Å². The predicted molar refractivity (Wildman–Crippen MR) is 114 cm³/mol. The molecule has 2 aromatic carbocycles. The zero-order valence-corrected chi connectivity index (χ0v) is 17.2. The van der Waals surface area contributed by atoms with Gasteiger partial charge in [-0.15, -0.1) is 11.3 Å². The highest BCUT2D eigenvalue weighted by Gasteiger charge is 2.17. The van der Waals surface area contributed by atoms with Crippen LogP contribution in [0.1, 0.15) is 20.1 Å². The van der Waals surface area contributed by atoms with Gasteiger partial charge in [0, 0.05) is 16.5 Å². The van der Waals surface area contributed by atoms with Gasteiger partial charge in [-0.3, -0.25) is 14.4 Å². The number of ketones is 1. The van der Waals surface area contributed by atoms with Gasteiger partial charge >= 0.3 is 11.8 Å². The fourth-order valence-corrected chi connectivity index (χ4v) is 3.57. The van der Waals surface area contributed by atoms with Gasteiger partial charge in [0.25, 0.3) is 0 Å². The Balaban J connectivity index is 1.59. The monoisotopic (exact) mass is 424 g/mol. The van der Waals surface area contributed by atoms with E-state index < -0.39 is 11.8 Å². The van der Waals surface area contributed by atoms with E-state index >= 15 is 0 Å². The summed E-state index contributed by atoms with van der Waals surface area (Å²) in [5, 5.41) is 5.06. The fraction of sp³-hybridized carbons (Fsp3) is 0.136. The quantitative estimate of drug-likeness (QED) is 0.449. The Bertz CT molecular complexity index is 1060. The molecule has 0 atom stereocenters. The number of nitrogens with one attached hydrogen (secondary N) is 2. The van der Waals surface area contributed by atoms with Gasteiger partial charge in [0.2, 0.25) is 5.78 Å². The van der Waals surface area contributed by atoms with E-state index in [1.165, 1.54) is 25.6 Å². The average molecular weight is 424 g/mol. The van der Waals surface area contributed by atoms with Gasteiger partial charge in [-0.2, -0.15) is 0 Å². The van der Waals surface area contributed by atoms with E-state index in [4.69, 9.17) is 9.47 Å². The molecule has 0 aliphatic heterocycles. The van der Waals surface area contributed by atoms with Crippen molar-refractivity contribution in [3.05, 3.63) is 76.0 Å². The second kappa shape index (κ2) is 9.71. The largest absolute Gasteiger partial charge is 0.497 e. The molecule has 0 unspecified atom stereocenters. The van der Waals surface area contributed by atoms with Crippen LogP contribution in [0.5, 0.6) is 11.5 Å². The molecule has 3 rings (SSSR count). The van der Waals surface area contributed by atoms with Gasteiger partial charge in [0.15, 0.2) is 0 Å². The smallest absolute Gasteiger partial charge is 0.313 e. The molecule has 154 valence electrons. The summed E-state index contributed by atoms with van der Waals surface area (Å²) in [7, 11) is 2.96. The van der Waals surface area contributed by atoms with Crippen molar-refractivity contribution in [1.82, 2.24) is 5.32 Å². The van der Waals surface area contributed by atoms with Crippen LogP contribution in [-0.4, -0.2) is 31.8 Å². The van der Waals surface area contributed by atoms with Crippen LogP contribution >= 0.6 is 11.3 Å². The lowest BCUT2D eigenvalue weighted by Gasteiger charge is -2.11. The van der Waals surface area contributed by atoms with Crippen molar-refractivity contribution >= 4 is 34.6 Å². The number of ether oxygens (including phenoxy) is 2. The molecule has 0 bridgehead atoms. The first kappa shape index (κ1) is 21.1. The van der Waals surface area contributed by atoms with E-state index in [0.29, 0.717) is 27.6 Å². The van der Waals surface area contributed by atoms with Crippen molar-refractivity contribution in [2.45, 2.75) is 6.54 Å². The van der Waals surface area contributed by atoms with Gasteiger partial charge in [-0.25, -0.2) is 0 Å². The summed E-state index contributed by atoms with van der Waals surface area (Å²) in [6.07, 6.45) is 0. The Labute approximate surface area is 177 Å². The number of hydrogen-bond donors (Lipinski definition) is 2. The van der Waals surface area contributed by atoms with Gasteiger partial charge in [-0.05, 0) is 24.3 Å². The molecule has 0 fully saturated rings. The van der Waals surface area contributed by atoms with Crippen molar-refractivity contribution in [3.63, 3.8) is 0 Å². The lowest BCUT2D eigenvalue weighted by Crippen LogP contribution is -2.34. The van der Waals surface area contributed by atoms with Gasteiger partial charge in [0.05, 0.1) is 31.3 Å². The number of benzene rings is 2. The zero-order valence-electron chi connectivity index (χ0n) is 16.4. The first-order chi connectivity index (χ1) is 14.5. The summed E-state index contributed by atoms with van der Waals surface area (Å²) in [6, 6.07) is 17.3. The van der Waals surface area contributed by atoms with Crippen LogP contribution in [0, 0.1) is 0 Å². The average Bonchev–Trinajstić information content (AvgIpc) is 3.26. The van der Waals surface area contributed by atoms with Crippen molar-refractivity contribution in [2.24, 2.45) is 0 Å². The number of rotatable bonds is 7. The zero-order chi connectivity index (χ0) is 21.5. The van der Waals surface area contributed by atoms with Crippen LogP contribution < -0.4 is 20.1 Å². The Hall–Kier alpha value is -3.65. The molecule has 0 radical (unpaired) electrons. The maximum absolute atomic E-state index is 12.5. The maximum Gasteiger partial charge on any atom is 0.313 e. The molecule has 0 aliphatic carbocycles. The third-order valence-electron chi connectivity index (χ3n) is 4.21. The molecule has 0 spiro atoms. The Morgan fingerprint density at radius 3 is 2.37 bits per heavy atom. The van der Waals surface area contributed by atoms with Crippen LogP contribution in [0.4, 0.5) is 5.69 Å². The lowest BCUT2D eigenvalue weighted by molar-refractivity contribution is -0.136. The molecular formula is C22H20N2O5S. The predicted octanol–water partition coefficient (Wildman–Crippen LogP) is 3.25. The minimum atomic E-state index is -0.835. The fourth-order valence-electron chi connectivity index (χ4n) is 2.67. The Morgan fingerprint density at radius 2 is 1.67 bits per heavy atom. The highest BCUT2D eigenvalue weighted by molar-refractivity contribution is 7.14. The molecule has 8 heteroatoms. The number of thiophene rings is 1. The van der Waals surface area contributed by atoms with Crippen LogP contribution in [0.3, 0.4) is 0 Å². The Morgan fingerprint density at radius 1 is 0.900 bits per heavy atom. The van der Waals surface area contributed by atoms with Crippen LogP contribution in [0.15, 0.2) is 60.7 Å². The summed E-state index contributed by atoms with van der Waals surface area (Å²) in [4.78, 5) is 38.2. The van der Waals surface area contributed by atoms with Crippen LogP contribution in [0.25, 0.3) is 0 Å². The van der Waals surface area contributed by atoms with Crippen molar-refractivity contribution in [1.29, 1.82) is 0 Å². The molecule has 0 saturated heterocycles. The number of carbonyl (C=O) groups is 3. The molecule has 1 heterocycles. The molecule has 2 amide bonds. The standard InChI is InChI=1S/C22H20N2O5S/c1-28-15-8-10-18(29-2)17(12-15)24-22(27)21(26)23-13-16-9-11-19(30-16)20(25)14-6-4-3-5-7-14/h3-12H,13H2,1-2H3,(H,23,26)(H,24,27). The van der Waals surface area contributed by atoms with E-state index in [1.54, 1.807) is 54.6 Å². The first-order valence-corrected chi connectivity index (χ1v) is 9.83. The number of amides is 2. The molecule has 0 saturated carbocycles. The Kier molecular flexibility index (Phi) is 6.82. The normalized spacial score (nSPS) is 10.2. The second-order valence-electron chi connectivity index (χ2n) is 6.16. The van der Waals surface area contributed by atoms with Gasteiger partial charge < -0.3 is 20.1 Å². The van der Waals surface area contributed by atoms with Gasteiger partial charge in [-0.1, -0.05) is 30.3 Å². The summed E-state index contributed by atoms with van der Waals surface area (Å²) >= 11 is 1.27. The number of anilines is 1. The molecule has 7 nitrogen and oxygen atoms in total. The SMILES string of the molecule is COc1ccc(OC)c(NC(=O)C(=O)NCc2ccc(C(=O)c3ccccc3)s2)c1. The summed E-state index contributed by atoms with van der Waals surface area (Å²) in [5.74, 6) is -0.802. The molecule has 2 N–H and O–H groups in total. The lowest BCUT2D eigenvalue weighted by atomic mass is 10.1. The third-order valence-corrected chi connectivity index (χ3v) is 5.29. The minimum Gasteiger partial charge on any atom is -0.497 e. The van der Waals surface area contributed by atoms with E-state index in [0.717, 1.165) is 4.88 Å². The maximum atomic E-state index is 12.5. The molecule has 1 aromatic heterocycles. The molecular weight excluding hydrogens is 404 g/mol. The first-order valence-electron chi connectivity index (χ1n) is 9.01. The van der Waals surface area contributed by atoms with Crippen molar-refractivity contribution < 1.29 is 23.9 Å². The van der Waals surface area contributed by atoms with Crippen LogP contribution in [-0.2, 0) is 16.1 Å². The second-order valence-corrected chi connectivity index (χ2v) is 7.33. The highest BCUT2D eigenvalue weighted by Crippen LogP contribution is 2.28. The number of hydrogen-bond acceptors (Lipinski definition) is 6. The van der Waals surface area contributed by atoms with Gasteiger partial charge in [0.1, 0.15) is 11.5 Å². The molecule has 0 aliphatic rings. The molecule has 3 aromatic rings.